The molecule has 1 amide bonds. The molecule has 1 N–H and O–H groups in total. The number of ether oxygens (including phenoxy) is 3. The Balaban J connectivity index is 1.81. The second kappa shape index (κ2) is 11.2. The number of benzene rings is 2. The number of hydrogen-bond acceptors (Lipinski definition) is 6. The monoisotopic (exact) mass is 474 g/mol. The molecule has 1 aliphatic heterocycles. The number of anilines is 1. The van der Waals surface area contributed by atoms with Gasteiger partial charge in [0.1, 0.15) is 22.1 Å². The van der Waals surface area contributed by atoms with E-state index in [-0.39, 0.29) is 10.6 Å². The number of piperidine rings is 1. The maximum atomic E-state index is 13.2. The van der Waals surface area contributed by atoms with Crippen molar-refractivity contribution in [2.75, 3.05) is 39.2 Å². The third-order valence-corrected chi connectivity index (χ3v) is 7.16. The van der Waals surface area contributed by atoms with Crippen molar-refractivity contribution in [3.63, 3.8) is 0 Å². The van der Waals surface area contributed by atoms with Gasteiger partial charge >= 0.3 is 0 Å². The minimum Gasteiger partial charge on any atom is -0.497 e. The molecule has 9 heteroatoms. The van der Waals surface area contributed by atoms with Gasteiger partial charge in [0.25, 0.3) is 0 Å². The molecule has 0 atom stereocenters. The van der Waals surface area contributed by atoms with Gasteiger partial charge in [-0.3, -0.25) is 4.79 Å². The van der Waals surface area contributed by atoms with Crippen LogP contribution < -0.4 is 19.5 Å². The molecule has 0 spiro atoms. The van der Waals surface area contributed by atoms with E-state index in [1.807, 2.05) is 0 Å². The summed E-state index contributed by atoms with van der Waals surface area (Å²) in [6, 6.07) is 9.93. The van der Waals surface area contributed by atoms with Crippen LogP contribution in [0.15, 0.2) is 47.4 Å². The standard InChI is InChI=1S/C24H30N2O6S/c1-4-32-22-10-9-19(16-23(22)33(28,29)26-12-6-5-7-13-26)25-24(27)11-8-18-14-20(30-2)17-21(15-18)31-3/h8-11,14-17H,4-7,12-13H2,1-3H3,(H,25,27). The van der Waals surface area contributed by atoms with Gasteiger partial charge in [-0.25, -0.2) is 8.42 Å². The Hall–Kier alpha value is -3.04. The maximum absolute atomic E-state index is 13.2. The lowest BCUT2D eigenvalue weighted by molar-refractivity contribution is -0.111. The minimum absolute atomic E-state index is 0.0607. The molecular weight excluding hydrogens is 444 g/mol. The first kappa shape index (κ1) is 24.6. The van der Waals surface area contributed by atoms with E-state index in [0.717, 1.165) is 24.8 Å². The van der Waals surface area contributed by atoms with Crippen LogP contribution in [0.4, 0.5) is 5.69 Å². The molecular formula is C24H30N2O6S. The molecule has 0 bridgehead atoms. The van der Waals surface area contributed by atoms with E-state index < -0.39 is 15.9 Å². The summed E-state index contributed by atoms with van der Waals surface area (Å²) in [7, 11) is -0.629. The highest BCUT2D eigenvalue weighted by Crippen LogP contribution is 2.31. The number of rotatable bonds is 9. The summed E-state index contributed by atoms with van der Waals surface area (Å²) >= 11 is 0. The summed E-state index contributed by atoms with van der Waals surface area (Å²) in [5.41, 5.74) is 1.09. The molecule has 1 fully saturated rings. The molecule has 3 rings (SSSR count). The molecule has 0 saturated carbocycles. The molecule has 0 aliphatic carbocycles. The molecule has 0 unspecified atom stereocenters. The maximum Gasteiger partial charge on any atom is 0.248 e. The average molecular weight is 475 g/mol. The highest BCUT2D eigenvalue weighted by molar-refractivity contribution is 7.89. The predicted molar refractivity (Wildman–Crippen MR) is 127 cm³/mol. The van der Waals surface area contributed by atoms with Crippen LogP contribution in [-0.4, -0.2) is 52.5 Å². The van der Waals surface area contributed by atoms with Gasteiger partial charge in [0.05, 0.1) is 20.8 Å². The van der Waals surface area contributed by atoms with Crippen molar-refractivity contribution in [2.24, 2.45) is 0 Å². The Morgan fingerprint density at radius 2 is 1.70 bits per heavy atom. The molecule has 33 heavy (non-hydrogen) atoms. The largest absolute Gasteiger partial charge is 0.497 e. The van der Waals surface area contributed by atoms with E-state index in [1.165, 1.54) is 16.4 Å². The molecule has 2 aromatic carbocycles. The van der Waals surface area contributed by atoms with Crippen LogP contribution in [0.25, 0.3) is 6.08 Å². The third-order valence-electron chi connectivity index (χ3n) is 5.24. The smallest absolute Gasteiger partial charge is 0.248 e. The molecule has 1 heterocycles. The van der Waals surface area contributed by atoms with Crippen molar-refractivity contribution >= 4 is 27.7 Å². The van der Waals surface area contributed by atoms with Gasteiger partial charge in [0.2, 0.25) is 15.9 Å². The van der Waals surface area contributed by atoms with Crippen LogP contribution in [0.1, 0.15) is 31.7 Å². The normalized spacial score (nSPS) is 14.8. The summed E-state index contributed by atoms with van der Waals surface area (Å²) in [5.74, 6) is 1.09. The number of methoxy groups -OCH3 is 2. The second-order valence-electron chi connectivity index (χ2n) is 7.53. The zero-order chi connectivity index (χ0) is 23.8. The fraction of sp³-hybridized carbons (Fsp3) is 0.375. The van der Waals surface area contributed by atoms with Gasteiger partial charge in [-0.2, -0.15) is 4.31 Å². The van der Waals surface area contributed by atoms with Crippen LogP contribution in [0.2, 0.25) is 0 Å². The average Bonchev–Trinajstić information content (AvgIpc) is 2.84. The number of sulfonamides is 1. The lowest BCUT2D eigenvalue weighted by Crippen LogP contribution is -2.35. The third kappa shape index (κ3) is 6.27. The fourth-order valence-corrected chi connectivity index (χ4v) is 5.26. The zero-order valence-corrected chi connectivity index (χ0v) is 20.0. The van der Waals surface area contributed by atoms with E-state index in [4.69, 9.17) is 14.2 Å². The van der Waals surface area contributed by atoms with Crippen molar-refractivity contribution in [3.05, 3.63) is 48.0 Å². The first-order valence-corrected chi connectivity index (χ1v) is 12.3. The van der Waals surface area contributed by atoms with Crippen molar-refractivity contribution in [3.8, 4) is 17.2 Å². The van der Waals surface area contributed by atoms with Gasteiger partial charge in [0, 0.05) is 30.9 Å². The minimum atomic E-state index is -3.73. The summed E-state index contributed by atoms with van der Waals surface area (Å²) < 4.78 is 44.0. The number of nitrogens with zero attached hydrogens (tertiary/aromatic N) is 1. The summed E-state index contributed by atoms with van der Waals surface area (Å²) in [4.78, 5) is 12.6. The van der Waals surface area contributed by atoms with E-state index in [9.17, 15) is 13.2 Å². The molecule has 0 aromatic heterocycles. The molecule has 0 radical (unpaired) electrons. The number of nitrogens with one attached hydrogen (secondary N) is 1. The summed E-state index contributed by atoms with van der Waals surface area (Å²) in [6.45, 7) is 3.10. The first-order chi connectivity index (χ1) is 15.9. The molecule has 1 aliphatic rings. The fourth-order valence-electron chi connectivity index (χ4n) is 3.59. The summed E-state index contributed by atoms with van der Waals surface area (Å²) in [6.07, 6.45) is 5.68. The van der Waals surface area contributed by atoms with Crippen molar-refractivity contribution in [1.29, 1.82) is 0 Å². The van der Waals surface area contributed by atoms with Gasteiger partial charge in [-0.1, -0.05) is 6.42 Å². The second-order valence-corrected chi connectivity index (χ2v) is 9.43. The van der Waals surface area contributed by atoms with E-state index in [2.05, 4.69) is 5.32 Å². The van der Waals surface area contributed by atoms with E-state index in [1.54, 1.807) is 57.6 Å². The Morgan fingerprint density at radius 1 is 1.03 bits per heavy atom. The number of carbonyl (C=O) groups excluding carboxylic acids is 1. The molecule has 178 valence electrons. The Morgan fingerprint density at radius 3 is 2.30 bits per heavy atom. The van der Waals surface area contributed by atoms with E-state index in [0.29, 0.717) is 36.9 Å². The predicted octanol–water partition coefficient (Wildman–Crippen LogP) is 3.93. The topological polar surface area (TPSA) is 94.2 Å². The van der Waals surface area contributed by atoms with Gasteiger partial charge in [-0.05, 0) is 61.7 Å². The quantitative estimate of drug-likeness (QED) is 0.554. The number of amides is 1. The lowest BCUT2D eigenvalue weighted by Gasteiger charge is -2.26. The summed E-state index contributed by atoms with van der Waals surface area (Å²) in [5, 5.41) is 2.73. The van der Waals surface area contributed by atoms with Crippen molar-refractivity contribution < 1.29 is 27.4 Å². The van der Waals surface area contributed by atoms with Gasteiger partial charge in [0.15, 0.2) is 0 Å². The SMILES string of the molecule is CCOc1ccc(NC(=O)C=Cc2cc(OC)cc(OC)c2)cc1S(=O)(=O)N1CCCCC1. The van der Waals surface area contributed by atoms with Gasteiger partial charge in [-0.15, -0.1) is 0 Å². The van der Waals surface area contributed by atoms with Crippen LogP contribution in [0.3, 0.4) is 0 Å². The van der Waals surface area contributed by atoms with Crippen LogP contribution >= 0.6 is 0 Å². The Kier molecular flexibility index (Phi) is 8.35. The van der Waals surface area contributed by atoms with Crippen LogP contribution in [0, 0.1) is 0 Å². The van der Waals surface area contributed by atoms with Gasteiger partial charge < -0.3 is 19.5 Å². The Bertz CT molecular complexity index is 1090. The zero-order valence-electron chi connectivity index (χ0n) is 19.2. The molecule has 2 aromatic rings. The lowest BCUT2D eigenvalue weighted by atomic mass is 10.2. The number of carbonyl (C=O) groups is 1. The Labute approximate surface area is 195 Å². The van der Waals surface area contributed by atoms with Crippen LogP contribution in [-0.2, 0) is 14.8 Å². The highest BCUT2D eigenvalue weighted by Gasteiger charge is 2.29. The highest BCUT2D eigenvalue weighted by atomic mass is 32.2. The first-order valence-electron chi connectivity index (χ1n) is 10.9. The van der Waals surface area contributed by atoms with Crippen molar-refractivity contribution in [2.45, 2.75) is 31.1 Å². The number of hydrogen-bond donors (Lipinski definition) is 1. The van der Waals surface area contributed by atoms with Crippen molar-refractivity contribution in [1.82, 2.24) is 4.31 Å². The molecule has 1 saturated heterocycles. The molecule has 8 nitrogen and oxygen atoms in total. The van der Waals surface area contributed by atoms with E-state index >= 15 is 0 Å². The van der Waals surface area contributed by atoms with Crippen LogP contribution in [0.5, 0.6) is 17.2 Å².